The van der Waals surface area contributed by atoms with Crippen LogP contribution in [0.1, 0.15) is 11.1 Å². The third-order valence-corrected chi connectivity index (χ3v) is 6.57. The van der Waals surface area contributed by atoms with Crippen LogP contribution in [-0.2, 0) is 16.0 Å². The number of aryl methyl sites for hydroxylation is 1. The highest BCUT2D eigenvalue weighted by molar-refractivity contribution is 7.99. The van der Waals surface area contributed by atoms with Crippen molar-refractivity contribution in [3.8, 4) is 0 Å². The maximum Gasteiger partial charge on any atom is 0.326 e. The fourth-order valence-corrected chi connectivity index (χ4v) is 4.82. The number of thioether (sulfide) groups is 1. The van der Waals surface area contributed by atoms with E-state index in [1.54, 1.807) is 6.20 Å². The minimum atomic E-state index is -1.08. The lowest BCUT2D eigenvalue weighted by atomic mass is 10.1. The molecule has 1 unspecified atom stereocenters. The molecule has 3 heterocycles. The van der Waals surface area contributed by atoms with Crippen LogP contribution in [0, 0.1) is 6.92 Å². The number of carboxylic acid groups (broad SMARTS) is 1. The van der Waals surface area contributed by atoms with E-state index in [0.717, 1.165) is 32.9 Å². The zero-order valence-corrected chi connectivity index (χ0v) is 18.6. The summed E-state index contributed by atoms with van der Waals surface area (Å²) in [6.45, 7) is 2.02. The summed E-state index contributed by atoms with van der Waals surface area (Å²) in [5, 5.41) is 23.4. The van der Waals surface area contributed by atoms with Crippen molar-refractivity contribution >= 4 is 51.1 Å². The third kappa shape index (κ3) is 4.03. The Balaban J connectivity index is 1.32. The number of hydrogen-bond donors (Lipinski definition) is 3. The molecule has 0 spiro atoms. The predicted molar refractivity (Wildman–Crippen MR) is 128 cm³/mol. The Morgan fingerprint density at radius 2 is 1.88 bits per heavy atom. The van der Waals surface area contributed by atoms with E-state index in [1.807, 2.05) is 65.9 Å². The maximum atomic E-state index is 12.6. The van der Waals surface area contributed by atoms with Gasteiger partial charge in [-0.3, -0.25) is 9.20 Å². The molecule has 8 nitrogen and oxygen atoms in total. The van der Waals surface area contributed by atoms with Crippen molar-refractivity contribution in [2.24, 2.45) is 0 Å². The summed E-state index contributed by atoms with van der Waals surface area (Å²) in [5.74, 6) is -1.42. The van der Waals surface area contributed by atoms with Gasteiger partial charge >= 0.3 is 5.97 Å². The van der Waals surface area contributed by atoms with Gasteiger partial charge in [0.05, 0.1) is 11.3 Å². The molecule has 0 aliphatic carbocycles. The van der Waals surface area contributed by atoms with Crippen LogP contribution in [0.4, 0.5) is 0 Å². The SMILES string of the molecule is Cc1cc2nnc(SCC(=O)NC(Cc3c[nH]c4ccccc34)C(=O)O)n2c2ccccc12. The molecule has 5 aromatic rings. The molecule has 1 amide bonds. The second-order valence-electron chi connectivity index (χ2n) is 7.83. The van der Waals surface area contributed by atoms with Gasteiger partial charge in [-0.05, 0) is 36.2 Å². The number of nitrogens with zero attached hydrogens (tertiary/aromatic N) is 3. The summed E-state index contributed by atoms with van der Waals surface area (Å²) in [5.41, 5.74) is 4.54. The number of aromatic nitrogens is 4. The van der Waals surface area contributed by atoms with Crippen molar-refractivity contribution in [2.45, 2.75) is 24.5 Å². The highest BCUT2D eigenvalue weighted by atomic mass is 32.2. The van der Waals surface area contributed by atoms with Crippen LogP contribution in [0.15, 0.2) is 66.0 Å². The Kier molecular flexibility index (Phi) is 5.47. The Morgan fingerprint density at radius 1 is 1.12 bits per heavy atom. The number of benzene rings is 2. The lowest BCUT2D eigenvalue weighted by Gasteiger charge is -2.14. The third-order valence-electron chi connectivity index (χ3n) is 5.64. The Bertz CT molecular complexity index is 1510. The first-order valence-electron chi connectivity index (χ1n) is 10.4. The average Bonchev–Trinajstić information content (AvgIpc) is 3.41. The molecule has 0 radical (unpaired) electrons. The quantitative estimate of drug-likeness (QED) is 0.321. The van der Waals surface area contributed by atoms with Crippen molar-refractivity contribution in [1.82, 2.24) is 24.9 Å². The molecule has 3 N–H and O–H groups in total. The molecule has 0 aliphatic rings. The zero-order valence-electron chi connectivity index (χ0n) is 17.8. The van der Waals surface area contributed by atoms with Gasteiger partial charge < -0.3 is 15.4 Å². The van der Waals surface area contributed by atoms with E-state index in [1.165, 1.54) is 11.8 Å². The smallest absolute Gasteiger partial charge is 0.326 e. The number of H-pyrrole nitrogens is 1. The van der Waals surface area contributed by atoms with Crippen LogP contribution in [0.5, 0.6) is 0 Å². The largest absolute Gasteiger partial charge is 0.480 e. The van der Waals surface area contributed by atoms with Crippen LogP contribution in [0.2, 0.25) is 0 Å². The lowest BCUT2D eigenvalue weighted by molar-refractivity contribution is -0.141. The van der Waals surface area contributed by atoms with Gasteiger partial charge in [-0.25, -0.2) is 4.79 Å². The van der Waals surface area contributed by atoms with E-state index in [9.17, 15) is 14.7 Å². The Morgan fingerprint density at radius 3 is 2.70 bits per heavy atom. The molecule has 2 aromatic carbocycles. The lowest BCUT2D eigenvalue weighted by Crippen LogP contribution is -2.43. The molecule has 0 fully saturated rings. The number of hydrogen-bond acceptors (Lipinski definition) is 5. The first-order valence-corrected chi connectivity index (χ1v) is 11.4. The molecule has 0 bridgehead atoms. The fraction of sp³-hybridized carbons (Fsp3) is 0.167. The second kappa shape index (κ2) is 8.59. The topological polar surface area (TPSA) is 112 Å². The summed E-state index contributed by atoms with van der Waals surface area (Å²) >= 11 is 1.23. The molecular weight excluding hydrogens is 438 g/mol. The summed E-state index contributed by atoms with van der Waals surface area (Å²) in [6, 6.07) is 16.6. The number of carboxylic acids is 1. The van der Waals surface area contributed by atoms with Crippen molar-refractivity contribution in [3.63, 3.8) is 0 Å². The Labute approximate surface area is 193 Å². The minimum Gasteiger partial charge on any atom is -0.480 e. The molecule has 33 heavy (non-hydrogen) atoms. The van der Waals surface area contributed by atoms with Gasteiger partial charge in [0.15, 0.2) is 10.8 Å². The first kappa shape index (κ1) is 21.0. The molecule has 5 rings (SSSR count). The molecule has 1 atom stereocenters. The molecule has 0 saturated carbocycles. The summed E-state index contributed by atoms with van der Waals surface area (Å²) in [4.78, 5) is 27.6. The number of nitrogens with one attached hydrogen (secondary N) is 2. The van der Waals surface area contributed by atoms with Gasteiger partial charge in [0.2, 0.25) is 5.91 Å². The molecule has 0 aliphatic heterocycles. The van der Waals surface area contributed by atoms with Gasteiger partial charge in [0.1, 0.15) is 6.04 Å². The van der Waals surface area contributed by atoms with Crippen LogP contribution in [0.3, 0.4) is 0 Å². The van der Waals surface area contributed by atoms with Crippen molar-refractivity contribution in [3.05, 3.63) is 71.9 Å². The van der Waals surface area contributed by atoms with Crippen LogP contribution < -0.4 is 5.32 Å². The molecule has 0 saturated heterocycles. The maximum absolute atomic E-state index is 12.6. The zero-order chi connectivity index (χ0) is 22.9. The number of para-hydroxylation sites is 2. The number of carbonyl (C=O) groups is 2. The first-order chi connectivity index (χ1) is 16.0. The summed E-state index contributed by atoms with van der Waals surface area (Å²) in [6.07, 6.45) is 1.98. The number of amides is 1. The molecule has 166 valence electrons. The molecular formula is C24H21N5O3S. The number of pyridine rings is 1. The number of fused-ring (bicyclic) bond motifs is 4. The van der Waals surface area contributed by atoms with Crippen molar-refractivity contribution < 1.29 is 14.7 Å². The monoisotopic (exact) mass is 459 g/mol. The van der Waals surface area contributed by atoms with Gasteiger partial charge in [0, 0.05) is 28.9 Å². The number of aromatic amines is 1. The van der Waals surface area contributed by atoms with Crippen molar-refractivity contribution in [1.29, 1.82) is 0 Å². The normalized spacial score (nSPS) is 12.4. The van der Waals surface area contributed by atoms with E-state index in [2.05, 4.69) is 20.5 Å². The summed E-state index contributed by atoms with van der Waals surface area (Å²) in [7, 11) is 0. The Hall–Kier alpha value is -3.85. The van der Waals surface area contributed by atoms with Gasteiger partial charge in [-0.1, -0.05) is 48.2 Å². The van der Waals surface area contributed by atoms with E-state index in [0.29, 0.717) is 10.8 Å². The standard InChI is InChI=1S/C24H21N5O3S/c1-14-10-21-27-28-24(29(21)20-9-5-3-6-16(14)20)33-13-22(30)26-19(23(31)32)11-15-12-25-18-8-4-2-7-17(15)18/h2-10,12,19,25H,11,13H2,1H3,(H,26,30)(H,31,32). The highest BCUT2D eigenvalue weighted by Crippen LogP contribution is 2.25. The number of carbonyl (C=O) groups excluding carboxylic acids is 1. The van der Waals surface area contributed by atoms with Crippen LogP contribution >= 0.6 is 11.8 Å². The van der Waals surface area contributed by atoms with Crippen LogP contribution in [-0.4, -0.2) is 48.4 Å². The molecule has 3 aromatic heterocycles. The number of aliphatic carboxylic acids is 1. The number of rotatable bonds is 7. The average molecular weight is 460 g/mol. The van der Waals surface area contributed by atoms with Gasteiger partial charge in [0.25, 0.3) is 0 Å². The second-order valence-corrected chi connectivity index (χ2v) is 8.77. The fourth-order valence-electron chi connectivity index (χ4n) is 4.05. The van der Waals surface area contributed by atoms with E-state index < -0.39 is 12.0 Å². The highest BCUT2D eigenvalue weighted by Gasteiger charge is 2.22. The van der Waals surface area contributed by atoms with Gasteiger partial charge in [-0.15, -0.1) is 10.2 Å². The van der Waals surface area contributed by atoms with E-state index in [-0.39, 0.29) is 18.1 Å². The van der Waals surface area contributed by atoms with Crippen molar-refractivity contribution in [2.75, 3.05) is 5.75 Å². The van der Waals surface area contributed by atoms with Gasteiger partial charge in [-0.2, -0.15) is 0 Å². The van der Waals surface area contributed by atoms with E-state index >= 15 is 0 Å². The van der Waals surface area contributed by atoms with Crippen LogP contribution in [0.25, 0.3) is 27.5 Å². The molecule has 9 heteroatoms. The minimum absolute atomic E-state index is 0.0284. The summed E-state index contributed by atoms with van der Waals surface area (Å²) < 4.78 is 1.92. The predicted octanol–water partition coefficient (Wildman–Crippen LogP) is 3.58. The van der Waals surface area contributed by atoms with E-state index in [4.69, 9.17) is 0 Å².